The van der Waals surface area contributed by atoms with Gasteiger partial charge in [-0.05, 0) is 12.8 Å². The molecule has 1 fully saturated rings. The lowest BCUT2D eigenvalue weighted by molar-refractivity contribution is -0.384. The molecule has 1 aliphatic heterocycles. The van der Waals surface area contributed by atoms with Gasteiger partial charge in [0.25, 0.3) is 5.69 Å². The van der Waals surface area contributed by atoms with Crippen LogP contribution >= 0.6 is 0 Å². The van der Waals surface area contributed by atoms with E-state index in [0.717, 1.165) is 12.8 Å². The number of rotatable bonds is 2. The van der Waals surface area contributed by atoms with E-state index in [-0.39, 0.29) is 0 Å². The average Bonchev–Trinajstić information content (AvgIpc) is 2.78. The molecule has 0 bridgehead atoms. The molecular weight excluding hydrogens is 237 g/mol. The molecule has 0 saturated carbocycles. The number of halogens is 3. The summed E-state index contributed by atoms with van der Waals surface area (Å²) in [5, 5.41) is 10.7. The third-order valence-corrected chi connectivity index (χ3v) is 2.74. The maximum Gasteiger partial charge on any atom is 0.298 e. The Balaban J connectivity index is 2.61. The first-order valence-corrected chi connectivity index (χ1v) is 5.09. The Morgan fingerprint density at radius 2 is 1.76 bits per heavy atom. The second-order valence-electron chi connectivity index (χ2n) is 3.81. The van der Waals surface area contributed by atoms with Crippen molar-refractivity contribution in [2.24, 2.45) is 0 Å². The van der Waals surface area contributed by atoms with E-state index in [1.54, 1.807) is 0 Å². The van der Waals surface area contributed by atoms with Crippen LogP contribution in [0.25, 0.3) is 0 Å². The Kier molecular flexibility index (Phi) is 2.91. The van der Waals surface area contributed by atoms with Crippen molar-refractivity contribution in [1.82, 2.24) is 0 Å². The van der Waals surface area contributed by atoms with Crippen LogP contribution in [0.15, 0.2) is 6.07 Å². The molecule has 0 spiro atoms. The number of hydrogen-bond acceptors (Lipinski definition) is 3. The first-order valence-electron chi connectivity index (χ1n) is 5.09. The van der Waals surface area contributed by atoms with Gasteiger partial charge in [-0.3, -0.25) is 10.1 Å². The van der Waals surface area contributed by atoms with Gasteiger partial charge in [0.1, 0.15) is 0 Å². The monoisotopic (exact) mass is 246 g/mol. The van der Waals surface area contributed by atoms with Crippen LogP contribution in [0.2, 0.25) is 0 Å². The van der Waals surface area contributed by atoms with E-state index in [9.17, 15) is 23.3 Å². The molecule has 2 rings (SSSR count). The van der Waals surface area contributed by atoms with Gasteiger partial charge in [-0.1, -0.05) is 0 Å². The molecule has 1 aromatic carbocycles. The van der Waals surface area contributed by atoms with Crippen LogP contribution in [0, 0.1) is 27.6 Å². The predicted octanol–water partition coefficient (Wildman–Crippen LogP) is 2.61. The number of anilines is 1. The third kappa shape index (κ3) is 1.92. The van der Waals surface area contributed by atoms with Gasteiger partial charge in [-0.15, -0.1) is 0 Å². The molecule has 0 radical (unpaired) electrons. The van der Waals surface area contributed by atoms with E-state index in [2.05, 4.69) is 0 Å². The summed E-state index contributed by atoms with van der Waals surface area (Å²) in [5.74, 6) is -4.70. The van der Waals surface area contributed by atoms with E-state index in [1.807, 2.05) is 0 Å². The number of benzene rings is 1. The van der Waals surface area contributed by atoms with E-state index in [4.69, 9.17) is 0 Å². The summed E-state index contributed by atoms with van der Waals surface area (Å²) < 4.78 is 39.6. The molecule has 0 amide bonds. The summed E-state index contributed by atoms with van der Waals surface area (Å²) in [6.07, 6.45) is 1.49. The smallest absolute Gasteiger partial charge is 0.298 e. The molecule has 92 valence electrons. The summed E-state index contributed by atoms with van der Waals surface area (Å²) >= 11 is 0. The Labute approximate surface area is 94.8 Å². The van der Waals surface area contributed by atoms with Crippen molar-refractivity contribution in [2.75, 3.05) is 18.0 Å². The number of nitrogens with zero attached hydrogens (tertiary/aromatic N) is 2. The van der Waals surface area contributed by atoms with E-state index >= 15 is 0 Å². The highest BCUT2D eigenvalue weighted by Crippen LogP contribution is 2.35. The summed E-state index contributed by atoms with van der Waals surface area (Å²) in [4.78, 5) is 11.2. The van der Waals surface area contributed by atoms with Gasteiger partial charge in [0.2, 0.25) is 0 Å². The Hall–Kier alpha value is -1.79. The van der Waals surface area contributed by atoms with Gasteiger partial charge in [0.15, 0.2) is 23.1 Å². The Morgan fingerprint density at radius 3 is 2.29 bits per heavy atom. The third-order valence-electron chi connectivity index (χ3n) is 2.74. The molecular formula is C10H9F3N2O2. The van der Waals surface area contributed by atoms with Crippen molar-refractivity contribution in [1.29, 1.82) is 0 Å². The zero-order valence-corrected chi connectivity index (χ0v) is 8.75. The fraction of sp³-hybridized carbons (Fsp3) is 0.400. The summed E-state index contributed by atoms with van der Waals surface area (Å²) in [7, 11) is 0. The lowest BCUT2D eigenvalue weighted by Crippen LogP contribution is -2.21. The van der Waals surface area contributed by atoms with E-state index < -0.39 is 33.7 Å². The molecule has 0 N–H and O–H groups in total. The molecule has 1 saturated heterocycles. The van der Waals surface area contributed by atoms with Gasteiger partial charge in [0.05, 0.1) is 11.0 Å². The molecule has 1 heterocycles. The fourth-order valence-corrected chi connectivity index (χ4v) is 1.95. The predicted molar refractivity (Wildman–Crippen MR) is 54.4 cm³/mol. The first-order chi connectivity index (χ1) is 8.02. The minimum atomic E-state index is -1.67. The average molecular weight is 246 g/mol. The van der Waals surface area contributed by atoms with Crippen molar-refractivity contribution in [3.05, 3.63) is 33.6 Å². The molecule has 0 atom stereocenters. The van der Waals surface area contributed by atoms with E-state index in [1.165, 1.54) is 4.90 Å². The molecule has 0 aliphatic carbocycles. The van der Waals surface area contributed by atoms with Gasteiger partial charge in [-0.2, -0.15) is 0 Å². The molecule has 4 nitrogen and oxygen atoms in total. The van der Waals surface area contributed by atoms with E-state index in [0.29, 0.717) is 19.2 Å². The van der Waals surface area contributed by atoms with Crippen LogP contribution < -0.4 is 4.90 Å². The molecule has 1 aromatic rings. The lowest BCUT2D eigenvalue weighted by Gasteiger charge is -2.18. The van der Waals surface area contributed by atoms with Crippen molar-refractivity contribution >= 4 is 11.4 Å². The fourth-order valence-electron chi connectivity index (χ4n) is 1.95. The minimum absolute atomic E-state index is 0.406. The number of hydrogen-bond donors (Lipinski definition) is 0. The van der Waals surface area contributed by atoms with Crippen LogP contribution in [0.5, 0.6) is 0 Å². The Morgan fingerprint density at radius 1 is 1.18 bits per heavy atom. The van der Waals surface area contributed by atoms with Crippen molar-refractivity contribution in [2.45, 2.75) is 12.8 Å². The first kappa shape index (κ1) is 11.7. The zero-order valence-electron chi connectivity index (χ0n) is 8.75. The van der Waals surface area contributed by atoms with Crippen LogP contribution in [0.3, 0.4) is 0 Å². The second-order valence-corrected chi connectivity index (χ2v) is 3.81. The van der Waals surface area contributed by atoms with Gasteiger partial charge in [0, 0.05) is 13.1 Å². The van der Waals surface area contributed by atoms with Crippen molar-refractivity contribution < 1.29 is 18.1 Å². The van der Waals surface area contributed by atoms with Gasteiger partial charge < -0.3 is 4.90 Å². The standard InChI is InChI=1S/C10H9F3N2O2/c11-6-5-7(15(16)17)10(9(13)8(6)12)14-3-1-2-4-14/h5H,1-4H2. The largest absolute Gasteiger partial charge is 0.363 e. The normalized spacial score (nSPS) is 15.4. The minimum Gasteiger partial charge on any atom is -0.363 e. The topological polar surface area (TPSA) is 46.4 Å². The molecule has 0 unspecified atom stereocenters. The van der Waals surface area contributed by atoms with Crippen LogP contribution in [-0.2, 0) is 0 Å². The van der Waals surface area contributed by atoms with Crippen molar-refractivity contribution in [3.63, 3.8) is 0 Å². The quantitative estimate of drug-likeness (QED) is 0.457. The number of nitro benzene ring substituents is 1. The molecule has 17 heavy (non-hydrogen) atoms. The Bertz CT molecular complexity index is 473. The van der Waals surface area contributed by atoms with Crippen molar-refractivity contribution in [3.8, 4) is 0 Å². The SMILES string of the molecule is O=[N+]([O-])c1cc(F)c(F)c(F)c1N1CCCC1. The molecule has 7 heteroatoms. The zero-order chi connectivity index (χ0) is 12.6. The van der Waals surface area contributed by atoms with Crippen LogP contribution in [0.4, 0.5) is 24.5 Å². The second kappa shape index (κ2) is 4.23. The molecule has 0 aromatic heterocycles. The summed E-state index contributed by atoms with van der Waals surface area (Å²) in [6, 6.07) is 0.423. The van der Waals surface area contributed by atoms with Gasteiger partial charge in [-0.25, -0.2) is 13.2 Å². The highest BCUT2D eigenvalue weighted by atomic mass is 19.2. The van der Waals surface area contributed by atoms with Crippen LogP contribution in [0.1, 0.15) is 12.8 Å². The van der Waals surface area contributed by atoms with Crippen LogP contribution in [-0.4, -0.2) is 18.0 Å². The summed E-state index contributed by atoms with van der Waals surface area (Å²) in [5.41, 5.74) is -1.19. The summed E-state index contributed by atoms with van der Waals surface area (Å²) in [6.45, 7) is 0.811. The molecule has 1 aliphatic rings. The lowest BCUT2D eigenvalue weighted by atomic mass is 10.2. The number of nitro groups is 1. The highest BCUT2D eigenvalue weighted by molar-refractivity contribution is 5.65. The maximum absolute atomic E-state index is 13.6. The highest BCUT2D eigenvalue weighted by Gasteiger charge is 2.30. The maximum atomic E-state index is 13.6. The van der Waals surface area contributed by atoms with Gasteiger partial charge >= 0.3 is 0 Å².